The SMILES string of the molecule is Cn1nnnc1SCCCNCc1ccc(OCc2ccc(Cl)cc2)cc1.[Cl-]. The number of thioether (sulfide) groups is 1. The molecule has 9 heteroatoms. The molecule has 0 saturated carbocycles. The highest BCUT2D eigenvalue weighted by Crippen LogP contribution is 2.16. The first-order chi connectivity index (χ1) is 13.2. The predicted octanol–water partition coefficient (Wildman–Crippen LogP) is 0.718. The predicted molar refractivity (Wildman–Crippen MR) is 108 cm³/mol. The number of nitrogens with one attached hydrogen (secondary N) is 1. The van der Waals surface area contributed by atoms with Gasteiger partial charge in [-0.05, 0) is 58.8 Å². The van der Waals surface area contributed by atoms with E-state index in [-0.39, 0.29) is 12.4 Å². The average Bonchev–Trinajstić information content (AvgIpc) is 3.10. The zero-order chi connectivity index (χ0) is 18.9. The summed E-state index contributed by atoms with van der Waals surface area (Å²) in [7, 11) is 1.85. The van der Waals surface area contributed by atoms with E-state index in [1.165, 1.54) is 5.56 Å². The van der Waals surface area contributed by atoms with Crippen LogP contribution in [-0.4, -0.2) is 32.5 Å². The van der Waals surface area contributed by atoms with Gasteiger partial charge in [0, 0.05) is 24.4 Å². The molecule has 0 spiro atoms. The molecule has 1 N–H and O–H groups in total. The van der Waals surface area contributed by atoms with Crippen LogP contribution in [0.3, 0.4) is 0 Å². The Hall–Kier alpha value is -1.80. The molecule has 0 fully saturated rings. The van der Waals surface area contributed by atoms with E-state index in [0.717, 1.165) is 46.8 Å². The highest BCUT2D eigenvalue weighted by Gasteiger charge is 2.02. The largest absolute Gasteiger partial charge is 1.00 e. The van der Waals surface area contributed by atoms with E-state index < -0.39 is 0 Å². The van der Waals surface area contributed by atoms with Crippen molar-refractivity contribution >= 4 is 23.4 Å². The molecular weight excluding hydrogens is 417 g/mol. The average molecular weight is 439 g/mol. The Bertz CT molecular complexity index is 827. The van der Waals surface area contributed by atoms with Crippen molar-refractivity contribution in [1.82, 2.24) is 25.5 Å². The monoisotopic (exact) mass is 438 g/mol. The first-order valence-corrected chi connectivity index (χ1v) is 10.1. The Kier molecular flexibility index (Phi) is 9.57. The minimum absolute atomic E-state index is 0. The van der Waals surface area contributed by atoms with Crippen LogP contribution in [0.5, 0.6) is 5.75 Å². The summed E-state index contributed by atoms with van der Waals surface area (Å²) in [4.78, 5) is 0. The molecule has 0 unspecified atom stereocenters. The van der Waals surface area contributed by atoms with Gasteiger partial charge >= 0.3 is 0 Å². The Morgan fingerprint density at radius 2 is 1.79 bits per heavy atom. The molecule has 1 heterocycles. The highest BCUT2D eigenvalue weighted by atomic mass is 35.5. The van der Waals surface area contributed by atoms with Gasteiger partial charge in [0.25, 0.3) is 0 Å². The maximum absolute atomic E-state index is 5.89. The normalized spacial score (nSPS) is 10.5. The molecule has 0 aliphatic carbocycles. The van der Waals surface area contributed by atoms with Crippen molar-refractivity contribution in [2.45, 2.75) is 24.7 Å². The number of hydrogen-bond acceptors (Lipinski definition) is 6. The van der Waals surface area contributed by atoms with Gasteiger partial charge in [-0.1, -0.05) is 47.6 Å². The first-order valence-electron chi connectivity index (χ1n) is 8.73. The van der Waals surface area contributed by atoms with Crippen LogP contribution in [-0.2, 0) is 20.2 Å². The summed E-state index contributed by atoms with van der Waals surface area (Å²) in [5.74, 6) is 1.85. The standard InChI is InChI=1S/C19H22ClN5OS.ClH/c1-25-19(22-23-24-25)27-12-2-11-21-13-15-5-9-18(10-6-15)26-14-16-3-7-17(20)8-4-16;/h3-10,21H,2,11-14H2,1H3;1H/p-1. The van der Waals surface area contributed by atoms with Crippen LogP contribution < -0.4 is 22.5 Å². The lowest BCUT2D eigenvalue weighted by atomic mass is 10.2. The lowest BCUT2D eigenvalue weighted by molar-refractivity contribution is -0.00000598. The number of aromatic nitrogens is 4. The number of aryl methyl sites for hydroxylation is 1. The number of benzene rings is 2. The molecule has 150 valence electrons. The third-order valence-electron chi connectivity index (χ3n) is 3.88. The third kappa shape index (κ3) is 7.31. The van der Waals surface area contributed by atoms with E-state index in [9.17, 15) is 0 Å². The van der Waals surface area contributed by atoms with Crippen molar-refractivity contribution in [3.8, 4) is 5.75 Å². The molecule has 0 saturated heterocycles. The summed E-state index contributed by atoms with van der Waals surface area (Å²) < 4.78 is 7.49. The Balaban J connectivity index is 0.00000280. The number of nitrogens with zero attached hydrogens (tertiary/aromatic N) is 4. The Morgan fingerprint density at radius 3 is 2.46 bits per heavy atom. The minimum atomic E-state index is 0. The maximum atomic E-state index is 5.89. The molecule has 2 aromatic carbocycles. The van der Waals surface area contributed by atoms with Gasteiger partial charge in [0.05, 0.1) is 0 Å². The van der Waals surface area contributed by atoms with Crippen LogP contribution in [0.15, 0.2) is 53.7 Å². The van der Waals surface area contributed by atoms with E-state index >= 15 is 0 Å². The van der Waals surface area contributed by atoms with Gasteiger partial charge in [-0.15, -0.1) is 5.10 Å². The fraction of sp³-hybridized carbons (Fsp3) is 0.316. The van der Waals surface area contributed by atoms with Gasteiger partial charge in [-0.25, -0.2) is 4.68 Å². The zero-order valence-corrected chi connectivity index (χ0v) is 17.8. The molecule has 6 nitrogen and oxygen atoms in total. The van der Waals surface area contributed by atoms with Crippen molar-refractivity contribution in [3.05, 3.63) is 64.7 Å². The highest BCUT2D eigenvalue weighted by molar-refractivity contribution is 7.99. The molecule has 28 heavy (non-hydrogen) atoms. The quantitative estimate of drug-likeness (QED) is 0.371. The minimum Gasteiger partial charge on any atom is -1.00 e. The molecule has 0 radical (unpaired) electrons. The van der Waals surface area contributed by atoms with Crippen LogP contribution in [0.2, 0.25) is 5.02 Å². The number of rotatable bonds is 10. The molecular formula is C19H22Cl2N5OS-. The van der Waals surface area contributed by atoms with Crippen LogP contribution >= 0.6 is 23.4 Å². The second kappa shape index (κ2) is 11.9. The second-order valence-electron chi connectivity index (χ2n) is 6.02. The third-order valence-corrected chi connectivity index (χ3v) is 5.23. The first kappa shape index (κ1) is 22.5. The van der Waals surface area contributed by atoms with Gasteiger partial charge in [-0.3, -0.25) is 0 Å². The summed E-state index contributed by atoms with van der Waals surface area (Å²) in [6, 6.07) is 15.9. The second-order valence-corrected chi connectivity index (χ2v) is 7.52. The molecule has 3 rings (SSSR count). The lowest BCUT2D eigenvalue weighted by Crippen LogP contribution is -3.00. The molecule has 0 atom stereocenters. The van der Waals surface area contributed by atoms with Crippen molar-refractivity contribution in [2.75, 3.05) is 12.3 Å². The Labute approximate surface area is 180 Å². The number of halogens is 2. The van der Waals surface area contributed by atoms with Crippen molar-refractivity contribution in [3.63, 3.8) is 0 Å². The number of tetrazole rings is 1. The van der Waals surface area contributed by atoms with E-state index in [1.807, 2.05) is 43.4 Å². The van der Waals surface area contributed by atoms with E-state index in [4.69, 9.17) is 16.3 Å². The molecule has 1 aromatic heterocycles. The van der Waals surface area contributed by atoms with Gasteiger partial charge < -0.3 is 22.5 Å². The van der Waals surface area contributed by atoms with Gasteiger partial charge in [0.15, 0.2) is 0 Å². The van der Waals surface area contributed by atoms with Crippen LogP contribution in [0, 0.1) is 0 Å². The number of hydrogen-bond donors (Lipinski definition) is 1. The summed E-state index contributed by atoms with van der Waals surface area (Å²) in [5, 5.41) is 16.4. The van der Waals surface area contributed by atoms with Crippen molar-refractivity contribution < 1.29 is 17.1 Å². The molecule has 0 amide bonds. The summed E-state index contributed by atoms with van der Waals surface area (Å²) in [5.41, 5.74) is 2.33. The van der Waals surface area contributed by atoms with Crippen LogP contribution in [0.25, 0.3) is 0 Å². The molecule has 0 aliphatic heterocycles. The fourth-order valence-electron chi connectivity index (χ4n) is 2.39. The van der Waals surface area contributed by atoms with Crippen molar-refractivity contribution in [1.29, 1.82) is 0 Å². The molecule has 0 bridgehead atoms. The topological polar surface area (TPSA) is 64.9 Å². The van der Waals surface area contributed by atoms with Crippen LogP contribution in [0.4, 0.5) is 0 Å². The number of ether oxygens (including phenoxy) is 1. The molecule has 0 aliphatic rings. The lowest BCUT2D eigenvalue weighted by Gasteiger charge is -2.08. The summed E-state index contributed by atoms with van der Waals surface area (Å²) in [6.07, 6.45) is 1.06. The van der Waals surface area contributed by atoms with E-state index in [0.29, 0.717) is 6.61 Å². The van der Waals surface area contributed by atoms with Gasteiger partial charge in [-0.2, -0.15) is 0 Å². The summed E-state index contributed by atoms with van der Waals surface area (Å²) >= 11 is 7.56. The fourth-order valence-corrected chi connectivity index (χ4v) is 3.30. The zero-order valence-electron chi connectivity index (χ0n) is 15.5. The maximum Gasteiger partial charge on any atom is 0.209 e. The Morgan fingerprint density at radius 1 is 1.07 bits per heavy atom. The van der Waals surface area contributed by atoms with Crippen LogP contribution in [0.1, 0.15) is 17.5 Å². The van der Waals surface area contributed by atoms with E-state index in [1.54, 1.807) is 16.4 Å². The van der Waals surface area contributed by atoms with Crippen molar-refractivity contribution in [2.24, 2.45) is 7.05 Å². The van der Waals surface area contributed by atoms with Gasteiger partial charge in [0.2, 0.25) is 5.16 Å². The summed E-state index contributed by atoms with van der Waals surface area (Å²) in [6.45, 7) is 2.33. The molecule has 3 aromatic rings. The smallest absolute Gasteiger partial charge is 0.209 e. The van der Waals surface area contributed by atoms with E-state index in [2.05, 4.69) is 33.0 Å². The van der Waals surface area contributed by atoms with Gasteiger partial charge in [0.1, 0.15) is 12.4 Å².